The number of fused-ring (bicyclic) bond motifs is 1. The first kappa shape index (κ1) is 16.8. The van der Waals surface area contributed by atoms with Crippen molar-refractivity contribution in [1.82, 2.24) is 9.88 Å². The van der Waals surface area contributed by atoms with Gasteiger partial charge in [0.05, 0.1) is 5.56 Å². The first-order valence-electron chi connectivity index (χ1n) is 9.21. The molecule has 4 heteroatoms. The summed E-state index contributed by atoms with van der Waals surface area (Å²) < 4.78 is 0.766. The number of benzene rings is 1. The van der Waals surface area contributed by atoms with E-state index >= 15 is 0 Å². The van der Waals surface area contributed by atoms with Gasteiger partial charge in [0.1, 0.15) is 4.60 Å². The van der Waals surface area contributed by atoms with Crippen LogP contribution in [0.2, 0.25) is 0 Å². The van der Waals surface area contributed by atoms with Gasteiger partial charge >= 0.3 is 0 Å². The molecule has 2 heterocycles. The van der Waals surface area contributed by atoms with Gasteiger partial charge in [0.2, 0.25) is 0 Å². The third-order valence-electron chi connectivity index (χ3n) is 5.84. The highest BCUT2D eigenvalue weighted by molar-refractivity contribution is 9.10. The lowest BCUT2D eigenvalue weighted by Gasteiger charge is -2.48. The van der Waals surface area contributed by atoms with E-state index in [-0.39, 0.29) is 5.91 Å². The van der Waals surface area contributed by atoms with Crippen LogP contribution in [0.15, 0.2) is 53.3 Å². The molecule has 1 aromatic heterocycles. The number of nitrogens with zero attached hydrogens (tertiary/aromatic N) is 2. The van der Waals surface area contributed by atoms with E-state index in [9.17, 15) is 4.79 Å². The molecule has 3 atom stereocenters. The van der Waals surface area contributed by atoms with Gasteiger partial charge in [-0.1, -0.05) is 43.2 Å². The van der Waals surface area contributed by atoms with Crippen LogP contribution in [-0.4, -0.2) is 28.4 Å². The summed E-state index contributed by atoms with van der Waals surface area (Å²) in [6.45, 7) is 0.843. The van der Waals surface area contributed by atoms with Gasteiger partial charge in [-0.3, -0.25) is 4.79 Å². The van der Waals surface area contributed by atoms with Gasteiger partial charge in [-0.15, -0.1) is 0 Å². The number of rotatable bonds is 2. The molecule has 0 unspecified atom stereocenters. The Kier molecular flexibility index (Phi) is 4.89. The van der Waals surface area contributed by atoms with E-state index in [4.69, 9.17) is 0 Å². The average molecular weight is 399 g/mol. The van der Waals surface area contributed by atoms with Gasteiger partial charge in [-0.25, -0.2) is 4.98 Å². The van der Waals surface area contributed by atoms with Gasteiger partial charge in [-0.2, -0.15) is 0 Å². The van der Waals surface area contributed by atoms with E-state index in [1.54, 1.807) is 6.20 Å². The second kappa shape index (κ2) is 7.28. The van der Waals surface area contributed by atoms with Gasteiger partial charge in [0.25, 0.3) is 5.91 Å². The number of halogens is 1. The van der Waals surface area contributed by atoms with E-state index in [1.165, 1.54) is 24.8 Å². The van der Waals surface area contributed by atoms with Crippen molar-refractivity contribution in [3.63, 3.8) is 0 Å². The number of pyridine rings is 1. The first-order chi connectivity index (χ1) is 12.2. The third-order valence-corrected chi connectivity index (χ3v) is 6.31. The summed E-state index contributed by atoms with van der Waals surface area (Å²) in [4.78, 5) is 19.4. The SMILES string of the molecule is O=C(c1ccc(Br)nc1)N1CC[C@H](c2ccccc2)[C@H]2CCCC[C@H]21. The second-order valence-electron chi connectivity index (χ2n) is 7.19. The molecule has 0 bridgehead atoms. The van der Waals surface area contributed by atoms with Gasteiger partial charge < -0.3 is 4.90 Å². The monoisotopic (exact) mass is 398 g/mol. The summed E-state index contributed by atoms with van der Waals surface area (Å²) >= 11 is 3.34. The van der Waals surface area contributed by atoms with E-state index < -0.39 is 0 Å². The molecule has 2 aromatic rings. The number of amides is 1. The number of aromatic nitrogens is 1. The van der Waals surface area contributed by atoms with Crippen LogP contribution in [0.4, 0.5) is 0 Å². The minimum absolute atomic E-state index is 0.142. The van der Waals surface area contributed by atoms with Crippen LogP contribution in [-0.2, 0) is 0 Å². The Morgan fingerprint density at radius 3 is 2.60 bits per heavy atom. The van der Waals surface area contributed by atoms with E-state index in [2.05, 4.69) is 56.1 Å². The van der Waals surface area contributed by atoms with Gasteiger partial charge in [0.15, 0.2) is 0 Å². The molecule has 1 saturated heterocycles. The highest BCUT2D eigenvalue weighted by Gasteiger charge is 2.41. The van der Waals surface area contributed by atoms with Crippen molar-refractivity contribution < 1.29 is 4.79 Å². The van der Waals surface area contributed by atoms with Crippen LogP contribution in [0.1, 0.15) is 53.9 Å². The molecule has 2 fully saturated rings. The van der Waals surface area contributed by atoms with Crippen LogP contribution in [0, 0.1) is 5.92 Å². The molecular weight excluding hydrogens is 376 g/mol. The Morgan fingerprint density at radius 2 is 1.84 bits per heavy atom. The normalized spacial score (nSPS) is 26.1. The Morgan fingerprint density at radius 1 is 1.04 bits per heavy atom. The fourth-order valence-corrected chi connectivity index (χ4v) is 4.92. The maximum atomic E-state index is 13.1. The Balaban J connectivity index is 1.59. The zero-order valence-corrected chi connectivity index (χ0v) is 15.9. The predicted octanol–water partition coefficient (Wildman–Crippen LogP) is 5.03. The predicted molar refractivity (Wildman–Crippen MR) is 103 cm³/mol. The summed E-state index contributed by atoms with van der Waals surface area (Å²) in [5.41, 5.74) is 2.14. The lowest BCUT2D eigenvalue weighted by molar-refractivity contribution is 0.0319. The summed E-state index contributed by atoms with van der Waals surface area (Å²) in [6, 6.07) is 15.0. The number of piperidine rings is 1. The number of hydrogen-bond acceptors (Lipinski definition) is 2. The average Bonchev–Trinajstić information content (AvgIpc) is 2.68. The Bertz CT molecular complexity index is 731. The molecule has 4 rings (SSSR count). The third kappa shape index (κ3) is 3.37. The van der Waals surface area contributed by atoms with Crippen LogP contribution in [0.5, 0.6) is 0 Å². The molecule has 3 nitrogen and oxygen atoms in total. The summed E-state index contributed by atoms with van der Waals surface area (Å²) in [5.74, 6) is 1.30. The van der Waals surface area contributed by atoms with Crippen LogP contribution in [0.25, 0.3) is 0 Å². The van der Waals surface area contributed by atoms with E-state index in [1.807, 2.05) is 12.1 Å². The molecule has 0 spiro atoms. The Labute approximate surface area is 157 Å². The zero-order chi connectivity index (χ0) is 17.2. The van der Waals surface area contributed by atoms with Crippen LogP contribution >= 0.6 is 15.9 Å². The second-order valence-corrected chi connectivity index (χ2v) is 8.00. The van der Waals surface area contributed by atoms with E-state index in [0.29, 0.717) is 23.4 Å². The molecular formula is C21H23BrN2O. The van der Waals surface area contributed by atoms with Crippen molar-refractivity contribution >= 4 is 21.8 Å². The van der Waals surface area contributed by atoms with Gasteiger partial charge in [0, 0.05) is 18.8 Å². The highest BCUT2D eigenvalue weighted by atomic mass is 79.9. The minimum atomic E-state index is 0.142. The topological polar surface area (TPSA) is 33.2 Å². The van der Waals surface area contributed by atoms with Gasteiger partial charge in [-0.05, 0) is 64.7 Å². The maximum Gasteiger partial charge on any atom is 0.255 e. The smallest absolute Gasteiger partial charge is 0.255 e. The lowest BCUT2D eigenvalue weighted by Crippen LogP contribution is -2.52. The number of carbonyl (C=O) groups is 1. The highest BCUT2D eigenvalue weighted by Crippen LogP contribution is 2.44. The molecule has 1 saturated carbocycles. The van der Waals surface area contributed by atoms with Crippen LogP contribution < -0.4 is 0 Å². The fourth-order valence-electron chi connectivity index (χ4n) is 4.69. The fraction of sp³-hybridized carbons (Fsp3) is 0.429. The van der Waals surface area contributed by atoms with Crippen molar-refractivity contribution in [3.8, 4) is 0 Å². The van der Waals surface area contributed by atoms with Crippen molar-refractivity contribution in [2.45, 2.75) is 44.1 Å². The molecule has 1 amide bonds. The van der Waals surface area contributed by atoms with E-state index in [0.717, 1.165) is 24.0 Å². The van der Waals surface area contributed by atoms with Crippen molar-refractivity contribution in [3.05, 3.63) is 64.4 Å². The molecule has 25 heavy (non-hydrogen) atoms. The number of carbonyl (C=O) groups excluding carboxylic acids is 1. The molecule has 1 aliphatic carbocycles. The van der Waals surface area contributed by atoms with Crippen molar-refractivity contribution in [2.75, 3.05) is 6.54 Å². The molecule has 130 valence electrons. The standard InChI is InChI=1S/C21H23BrN2O/c22-20-11-10-16(14-23-20)21(25)24-13-12-17(15-6-2-1-3-7-15)18-8-4-5-9-19(18)24/h1-3,6-7,10-11,14,17-19H,4-5,8-9,12-13H2/t17-,18-,19-/m1/s1. The summed E-state index contributed by atoms with van der Waals surface area (Å²) in [5, 5.41) is 0. The number of hydrogen-bond donors (Lipinski definition) is 0. The van der Waals surface area contributed by atoms with Crippen LogP contribution in [0.3, 0.4) is 0 Å². The zero-order valence-electron chi connectivity index (χ0n) is 14.3. The minimum Gasteiger partial charge on any atom is -0.335 e. The summed E-state index contributed by atoms with van der Waals surface area (Å²) in [6.07, 6.45) is 7.61. The molecule has 0 radical (unpaired) electrons. The quantitative estimate of drug-likeness (QED) is 0.664. The van der Waals surface area contributed by atoms with Crippen molar-refractivity contribution in [2.24, 2.45) is 5.92 Å². The molecule has 1 aliphatic heterocycles. The van der Waals surface area contributed by atoms with Crippen molar-refractivity contribution in [1.29, 1.82) is 0 Å². The largest absolute Gasteiger partial charge is 0.335 e. The summed E-state index contributed by atoms with van der Waals surface area (Å²) in [7, 11) is 0. The number of likely N-dealkylation sites (tertiary alicyclic amines) is 1. The Hall–Kier alpha value is -1.68. The maximum absolute atomic E-state index is 13.1. The molecule has 2 aliphatic rings. The first-order valence-corrected chi connectivity index (χ1v) is 10.0. The molecule has 1 aromatic carbocycles. The lowest BCUT2D eigenvalue weighted by atomic mass is 9.69. The molecule has 0 N–H and O–H groups in total.